The summed E-state index contributed by atoms with van der Waals surface area (Å²) in [6.07, 6.45) is 11.6. The van der Waals surface area contributed by atoms with E-state index < -0.39 is 0 Å². The van der Waals surface area contributed by atoms with Crippen molar-refractivity contribution < 1.29 is 0 Å². The molecule has 0 spiro atoms. The topological polar surface area (TPSA) is 0 Å². The summed E-state index contributed by atoms with van der Waals surface area (Å²) < 4.78 is 0. The molecule has 1 aromatic rings. The van der Waals surface area contributed by atoms with Gasteiger partial charge in [-0.25, -0.2) is 0 Å². The molecule has 3 rings (SSSR count). The zero-order valence-corrected chi connectivity index (χ0v) is 11.7. The Labute approximate surface area is 112 Å². The number of rotatable bonds is 6. The van der Waals surface area contributed by atoms with Gasteiger partial charge in [0.05, 0.1) is 0 Å². The molecule has 2 aliphatic rings. The monoisotopic (exact) mass is 242 g/mol. The van der Waals surface area contributed by atoms with E-state index in [0.717, 1.165) is 11.8 Å². The molecular formula is C18H26. The van der Waals surface area contributed by atoms with Crippen molar-refractivity contribution in [1.82, 2.24) is 0 Å². The molecule has 0 aromatic heterocycles. The van der Waals surface area contributed by atoms with Crippen molar-refractivity contribution in [2.45, 2.75) is 63.7 Å². The van der Waals surface area contributed by atoms with Crippen molar-refractivity contribution in [1.29, 1.82) is 0 Å². The highest BCUT2D eigenvalue weighted by Gasteiger charge is 2.39. The van der Waals surface area contributed by atoms with Gasteiger partial charge in [0.1, 0.15) is 0 Å². The molecule has 0 N–H and O–H groups in total. The van der Waals surface area contributed by atoms with Crippen LogP contribution in [0.2, 0.25) is 0 Å². The predicted octanol–water partition coefficient (Wildman–Crippen LogP) is 5.32. The minimum atomic E-state index is 0.494. The lowest BCUT2D eigenvalue weighted by atomic mass is 9.65. The summed E-state index contributed by atoms with van der Waals surface area (Å²) in [7, 11) is 0. The maximum atomic E-state index is 2.41. The van der Waals surface area contributed by atoms with Crippen molar-refractivity contribution in [3.63, 3.8) is 0 Å². The van der Waals surface area contributed by atoms with E-state index in [1.807, 2.05) is 0 Å². The van der Waals surface area contributed by atoms with Gasteiger partial charge in [-0.1, -0.05) is 69.4 Å². The molecule has 0 saturated heterocycles. The second kappa shape index (κ2) is 5.07. The van der Waals surface area contributed by atoms with Crippen LogP contribution >= 0.6 is 0 Å². The van der Waals surface area contributed by atoms with E-state index in [1.54, 1.807) is 5.56 Å². The Balaban J connectivity index is 1.83. The number of benzene rings is 1. The van der Waals surface area contributed by atoms with Crippen LogP contribution in [0.3, 0.4) is 0 Å². The normalized spacial score (nSPS) is 23.4. The van der Waals surface area contributed by atoms with Gasteiger partial charge in [-0.05, 0) is 42.1 Å². The molecule has 2 fully saturated rings. The summed E-state index contributed by atoms with van der Waals surface area (Å²) in [6, 6.07) is 11.4. The zero-order chi connectivity index (χ0) is 12.4. The Hall–Kier alpha value is -0.780. The van der Waals surface area contributed by atoms with Gasteiger partial charge in [-0.2, -0.15) is 0 Å². The van der Waals surface area contributed by atoms with Gasteiger partial charge in [0.25, 0.3) is 0 Å². The highest BCUT2D eigenvalue weighted by molar-refractivity contribution is 5.26. The smallest absolute Gasteiger partial charge is 0.00443 e. The quantitative estimate of drug-likeness (QED) is 0.633. The summed E-state index contributed by atoms with van der Waals surface area (Å²) in [5.41, 5.74) is 2.11. The third-order valence-electron chi connectivity index (χ3n) is 5.34. The number of hydrogen-bond donors (Lipinski definition) is 0. The fraction of sp³-hybridized carbons (Fsp3) is 0.667. The molecule has 0 nitrogen and oxygen atoms in total. The average Bonchev–Trinajstić information content (AvgIpc) is 3.17. The summed E-state index contributed by atoms with van der Waals surface area (Å²) in [4.78, 5) is 0. The molecule has 1 unspecified atom stereocenters. The van der Waals surface area contributed by atoms with Crippen molar-refractivity contribution >= 4 is 0 Å². The van der Waals surface area contributed by atoms with Crippen molar-refractivity contribution in [3.05, 3.63) is 35.9 Å². The SMILES string of the molecule is CCC(CC1CCC1)(CC1CC1)c1ccccc1. The molecule has 0 heterocycles. The van der Waals surface area contributed by atoms with Crippen LogP contribution in [0.4, 0.5) is 0 Å². The molecule has 98 valence electrons. The molecule has 0 amide bonds. The van der Waals surface area contributed by atoms with E-state index in [-0.39, 0.29) is 0 Å². The van der Waals surface area contributed by atoms with E-state index in [4.69, 9.17) is 0 Å². The molecular weight excluding hydrogens is 216 g/mol. The average molecular weight is 242 g/mol. The lowest BCUT2D eigenvalue weighted by Crippen LogP contribution is -2.31. The van der Waals surface area contributed by atoms with Crippen LogP contribution < -0.4 is 0 Å². The minimum Gasteiger partial charge on any atom is -0.0645 e. The lowest BCUT2D eigenvalue weighted by Gasteiger charge is -2.40. The van der Waals surface area contributed by atoms with Crippen molar-refractivity contribution in [3.8, 4) is 0 Å². The fourth-order valence-electron chi connectivity index (χ4n) is 3.73. The predicted molar refractivity (Wildman–Crippen MR) is 77.7 cm³/mol. The van der Waals surface area contributed by atoms with E-state index in [0.29, 0.717) is 5.41 Å². The first-order chi connectivity index (χ1) is 8.82. The maximum absolute atomic E-state index is 2.41. The van der Waals surface area contributed by atoms with Gasteiger partial charge in [0, 0.05) is 0 Å². The fourth-order valence-corrected chi connectivity index (χ4v) is 3.73. The molecule has 2 aliphatic carbocycles. The Morgan fingerprint density at radius 3 is 2.00 bits per heavy atom. The number of hydrogen-bond acceptors (Lipinski definition) is 0. The molecule has 1 atom stereocenters. The highest BCUT2D eigenvalue weighted by atomic mass is 14.4. The lowest BCUT2D eigenvalue weighted by molar-refractivity contribution is 0.201. The molecule has 0 radical (unpaired) electrons. The maximum Gasteiger partial charge on any atom is -0.00443 e. The van der Waals surface area contributed by atoms with E-state index in [2.05, 4.69) is 37.3 Å². The van der Waals surface area contributed by atoms with Crippen LogP contribution in [0.5, 0.6) is 0 Å². The van der Waals surface area contributed by atoms with E-state index >= 15 is 0 Å². The second-order valence-electron chi connectivity index (χ2n) is 6.65. The first kappa shape index (κ1) is 12.3. The van der Waals surface area contributed by atoms with Gasteiger partial charge in [-0.3, -0.25) is 0 Å². The molecule has 1 aromatic carbocycles. The van der Waals surface area contributed by atoms with Crippen LogP contribution in [0, 0.1) is 11.8 Å². The molecule has 18 heavy (non-hydrogen) atoms. The van der Waals surface area contributed by atoms with Gasteiger partial charge in [0.2, 0.25) is 0 Å². The van der Waals surface area contributed by atoms with Crippen molar-refractivity contribution in [2.24, 2.45) is 11.8 Å². The highest BCUT2D eigenvalue weighted by Crippen LogP contribution is 2.49. The molecule has 0 heteroatoms. The second-order valence-corrected chi connectivity index (χ2v) is 6.65. The summed E-state index contributed by atoms with van der Waals surface area (Å²) in [6.45, 7) is 2.41. The van der Waals surface area contributed by atoms with E-state index in [9.17, 15) is 0 Å². The largest absolute Gasteiger partial charge is 0.0645 e. The van der Waals surface area contributed by atoms with E-state index in [1.165, 1.54) is 51.4 Å². The molecule has 0 aliphatic heterocycles. The minimum absolute atomic E-state index is 0.494. The Bertz CT molecular complexity index is 372. The van der Waals surface area contributed by atoms with Crippen molar-refractivity contribution in [2.75, 3.05) is 0 Å². The van der Waals surface area contributed by atoms with Crippen LogP contribution in [-0.2, 0) is 5.41 Å². The van der Waals surface area contributed by atoms with Crippen LogP contribution in [0.25, 0.3) is 0 Å². The van der Waals surface area contributed by atoms with Crippen LogP contribution in [-0.4, -0.2) is 0 Å². The van der Waals surface area contributed by atoms with Gasteiger partial charge < -0.3 is 0 Å². The first-order valence-corrected chi connectivity index (χ1v) is 7.88. The van der Waals surface area contributed by atoms with Gasteiger partial charge >= 0.3 is 0 Å². The standard InChI is InChI=1S/C18H26/c1-2-18(14-16-11-12-16,13-15-7-6-8-15)17-9-4-3-5-10-17/h3-5,9-10,15-16H,2,6-8,11-14H2,1H3. The molecule has 0 bridgehead atoms. The molecule has 2 saturated carbocycles. The third-order valence-corrected chi connectivity index (χ3v) is 5.34. The zero-order valence-electron chi connectivity index (χ0n) is 11.7. The Kier molecular flexibility index (Phi) is 3.46. The van der Waals surface area contributed by atoms with Gasteiger partial charge in [0.15, 0.2) is 0 Å². The Morgan fingerprint density at radius 2 is 1.56 bits per heavy atom. The first-order valence-electron chi connectivity index (χ1n) is 7.88. The van der Waals surface area contributed by atoms with Crippen LogP contribution in [0.15, 0.2) is 30.3 Å². The van der Waals surface area contributed by atoms with Crippen LogP contribution in [0.1, 0.15) is 63.9 Å². The van der Waals surface area contributed by atoms with Gasteiger partial charge in [-0.15, -0.1) is 0 Å². The third kappa shape index (κ3) is 2.48. The Morgan fingerprint density at radius 1 is 0.944 bits per heavy atom. The summed E-state index contributed by atoms with van der Waals surface area (Å²) in [5.74, 6) is 2.05. The summed E-state index contributed by atoms with van der Waals surface area (Å²) in [5, 5.41) is 0. The summed E-state index contributed by atoms with van der Waals surface area (Å²) >= 11 is 0.